The van der Waals surface area contributed by atoms with Gasteiger partial charge in [-0.1, -0.05) is 0 Å². The molecule has 0 spiro atoms. The van der Waals surface area contributed by atoms with Gasteiger partial charge in [-0.3, -0.25) is 29.0 Å². The first-order valence-electron chi connectivity index (χ1n) is 9.69. The van der Waals surface area contributed by atoms with E-state index in [4.69, 9.17) is 32.5 Å². The molecule has 0 bridgehead atoms. The van der Waals surface area contributed by atoms with E-state index in [0.29, 0.717) is 0 Å². The molecule has 0 heterocycles. The molecule has 0 aliphatic heterocycles. The van der Waals surface area contributed by atoms with Gasteiger partial charge in [0.2, 0.25) is 17.7 Å². The Morgan fingerprint density at radius 3 is 1.79 bits per heavy atom. The van der Waals surface area contributed by atoms with Crippen LogP contribution in [0.3, 0.4) is 0 Å². The van der Waals surface area contributed by atoms with Crippen LogP contribution in [0.15, 0.2) is 4.99 Å². The number of carboxylic acids is 3. The van der Waals surface area contributed by atoms with Gasteiger partial charge in [0.25, 0.3) is 0 Å². The Labute approximate surface area is 187 Å². The molecule has 0 aliphatic rings. The second kappa shape index (κ2) is 15.0. The summed E-state index contributed by atoms with van der Waals surface area (Å²) in [7, 11) is 0. The summed E-state index contributed by atoms with van der Waals surface area (Å²) >= 11 is 0. The molecule has 0 aromatic carbocycles. The van der Waals surface area contributed by atoms with Gasteiger partial charge in [0.05, 0.1) is 13.0 Å². The van der Waals surface area contributed by atoms with E-state index in [0.717, 1.165) is 0 Å². The molecule has 3 atom stereocenters. The molecule has 0 rings (SSSR count). The number of amides is 3. The summed E-state index contributed by atoms with van der Waals surface area (Å²) in [5.74, 6) is -7.22. The highest BCUT2D eigenvalue weighted by atomic mass is 16.4. The van der Waals surface area contributed by atoms with Gasteiger partial charge in [-0.2, -0.15) is 0 Å². The number of aliphatic imine (C=N–C) groups is 1. The Morgan fingerprint density at radius 1 is 0.788 bits per heavy atom. The molecule has 16 heteroatoms. The standard InChI is InChI=1S/C17H29N7O9/c18-7-11(25)22-9(3-4-12(26)27)15(31)23-8(2-1-5-21-17(19)20)14(30)24-10(16(32)33)6-13(28)29/h8-10H,1-7,18H2,(H,22,25)(H,23,31)(H,24,30)(H,26,27)(H,28,29)(H,32,33)(H4,19,20,21). The van der Waals surface area contributed by atoms with E-state index in [1.807, 2.05) is 5.32 Å². The fourth-order valence-corrected chi connectivity index (χ4v) is 2.48. The van der Waals surface area contributed by atoms with Crippen molar-refractivity contribution >= 4 is 41.6 Å². The third-order valence-corrected chi connectivity index (χ3v) is 4.06. The van der Waals surface area contributed by atoms with Crippen LogP contribution in [0, 0.1) is 0 Å². The van der Waals surface area contributed by atoms with E-state index in [9.17, 15) is 28.8 Å². The Balaban J connectivity index is 5.54. The molecule has 0 saturated heterocycles. The summed E-state index contributed by atoms with van der Waals surface area (Å²) in [6.45, 7) is -0.416. The minimum Gasteiger partial charge on any atom is -0.481 e. The average molecular weight is 475 g/mol. The van der Waals surface area contributed by atoms with Crippen molar-refractivity contribution in [3.63, 3.8) is 0 Å². The van der Waals surface area contributed by atoms with E-state index in [1.165, 1.54) is 0 Å². The molecule has 3 unspecified atom stereocenters. The average Bonchev–Trinajstić information content (AvgIpc) is 2.71. The Morgan fingerprint density at radius 2 is 1.33 bits per heavy atom. The zero-order chi connectivity index (χ0) is 25.6. The molecule has 0 aliphatic carbocycles. The monoisotopic (exact) mass is 475 g/mol. The minimum absolute atomic E-state index is 0.0613. The molecule has 0 aromatic rings. The van der Waals surface area contributed by atoms with Crippen molar-refractivity contribution in [1.29, 1.82) is 0 Å². The number of aliphatic carboxylic acids is 3. The van der Waals surface area contributed by atoms with Gasteiger partial charge in [-0.05, 0) is 19.3 Å². The van der Waals surface area contributed by atoms with Gasteiger partial charge in [-0.25, -0.2) is 4.79 Å². The smallest absolute Gasteiger partial charge is 0.326 e. The Kier molecular flexibility index (Phi) is 13.2. The summed E-state index contributed by atoms with van der Waals surface area (Å²) in [5.41, 5.74) is 15.6. The van der Waals surface area contributed by atoms with Crippen LogP contribution in [-0.2, 0) is 28.8 Å². The van der Waals surface area contributed by atoms with Crippen LogP contribution >= 0.6 is 0 Å². The molecule has 3 amide bonds. The highest BCUT2D eigenvalue weighted by molar-refractivity contribution is 5.94. The van der Waals surface area contributed by atoms with E-state index in [1.54, 1.807) is 0 Å². The molecule has 33 heavy (non-hydrogen) atoms. The second-order valence-corrected chi connectivity index (χ2v) is 6.76. The zero-order valence-corrected chi connectivity index (χ0v) is 17.7. The number of hydrogen-bond donors (Lipinski definition) is 9. The number of hydrogen-bond acceptors (Lipinski definition) is 8. The van der Waals surface area contributed by atoms with Crippen LogP contribution in [-0.4, -0.2) is 88.1 Å². The van der Waals surface area contributed by atoms with Crippen molar-refractivity contribution in [2.45, 2.75) is 50.2 Å². The van der Waals surface area contributed by atoms with Crippen molar-refractivity contribution < 1.29 is 44.1 Å². The Bertz CT molecular complexity index is 768. The number of carboxylic acid groups (broad SMARTS) is 3. The Hall–Kier alpha value is -3.95. The molecule has 0 fully saturated rings. The second-order valence-electron chi connectivity index (χ2n) is 6.76. The van der Waals surface area contributed by atoms with Gasteiger partial charge >= 0.3 is 17.9 Å². The molecule has 0 radical (unpaired) electrons. The van der Waals surface area contributed by atoms with Crippen LogP contribution in [0.1, 0.15) is 32.1 Å². The fourth-order valence-electron chi connectivity index (χ4n) is 2.48. The van der Waals surface area contributed by atoms with Crippen LogP contribution in [0.4, 0.5) is 0 Å². The van der Waals surface area contributed by atoms with Crippen molar-refractivity contribution in [3.05, 3.63) is 0 Å². The molecule has 0 saturated carbocycles. The first-order chi connectivity index (χ1) is 15.4. The van der Waals surface area contributed by atoms with Gasteiger partial charge in [0.15, 0.2) is 5.96 Å². The van der Waals surface area contributed by atoms with Crippen LogP contribution in [0.2, 0.25) is 0 Å². The van der Waals surface area contributed by atoms with E-state index < -0.39 is 73.1 Å². The minimum atomic E-state index is -1.77. The molecule has 0 aromatic heterocycles. The van der Waals surface area contributed by atoms with E-state index in [2.05, 4.69) is 15.6 Å². The molecule has 12 N–H and O–H groups in total. The van der Waals surface area contributed by atoms with Crippen molar-refractivity contribution in [1.82, 2.24) is 16.0 Å². The number of guanidine groups is 1. The number of nitrogens with zero attached hydrogens (tertiary/aromatic N) is 1. The first kappa shape index (κ1) is 29.0. The van der Waals surface area contributed by atoms with Gasteiger partial charge in [0.1, 0.15) is 18.1 Å². The third kappa shape index (κ3) is 13.1. The summed E-state index contributed by atoms with van der Waals surface area (Å²) in [6.07, 6.45) is -1.65. The number of carbonyl (C=O) groups is 6. The summed E-state index contributed by atoms with van der Waals surface area (Å²) in [5, 5.41) is 33.3. The van der Waals surface area contributed by atoms with Crippen molar-refractivity contribution in [3.8, 4) is 0 Å². The molecular formula is C17H29N7O9. The number of nitrogens with two attached hydrogens (primary N) is 3. The van der Waals surface area contributed by atoms with Crippen LogP contribution in [0.25, 0.3) is 0 Å². The number of rotatable bonds is 16. The van der Waals surface area contributed by atoms with Crippen molar-refractivity contribution in [2.24, 2.45) is 22.2 Å². The summed E-state index contributed by atoms with van der Waals surface area (Å²) < 4.78 is 0. The topological polar surface area (TPSA) is 290 Å². The predicted molar refractivity (Wildman–Crippen MR) is 112 cm³/mol. The molecule has 186 valence electrons. The first-order valence-corrected chi connectivity index (χ1v) is 9.69. The maximum atomic E-state index is 12.6. The number of carbonyl (C=O) groups excluding carboxylic acids is 3. The maximum absolute atomic E-state index is 12.6. The quantitative estimate of drug-likeness (QED) is 0.0584. The van der Waals surface area contributed by atoms with Crippen LogP contribution < -0.4 is 33.2 Å². The number of nitrogens with one attached hydrogen (secondary N) is 3. The highest BCUT2D eigenvalue weighted by Crippen LogP contribution is 2.05. The van der Waals surface area contributed by atoms with E-state index >= 15 is 0 Å². The fraction of sp³-hybridized carbons (Fsp3) is 0.588. The SMILES string of the molecule is NCC(=O)NC(CCC(=O)O)C(=O)NC(CCCN=C(N)N)C(=O)NC(CC(=O)O)C(=O)O. The zero-order valence-electron chi connectivity index (χ0n) is 17.7. The third-order valence-electron chi connectivity index (χ3n) is 4.06. The highest BCUT2D eigenvalue weighted by Gasteiger charge is 2.30. The maximum Gasteiger partial charge on any atom is 0.326 e. The largest absolute Gasteiger partial charge is 0.481 e. The lowest BCUT2D eigenvalue weighted by atomic mass is 10.1. The lowest BCUT2D eigenvalue weighted by molar-refractivity contribution is -0.147. The van der Waals surface area contributed by atoms with Crippen molar-refractivity contribution in [2.75, 3.05) is 13.1 Å². The van der Waals surface area contributed by atoms with Gasteiger partial charge in [0, 0.05) is 13.0 Å². The summed E-state index contributed by atoms with van der Waals surface area (Å²) in [4.78, 5) is 73.5. The summed E-state index contributed by atoms with van der Waals surface area (Å²) in [6, 6.07) is -4.49. The van der Waals surface area contributed by atoms with Gasteiger partial charge in [-0.15, -0.1) is 0 Å². The molecular weight excluding hydrogens is 446 g/mol. The lowest BCUT2D eigenvalue weighted by Gasteiger charge is -2.24. The van der Waals surface area contributed by atoms with Gasteiger partial charge < -0.3 is 48.5 Å². The predicted octanol–water partition coefficient (Wildman–Crippen LogP) is -4.12. The molecule has 16 nitrogen and oxygen atoms in total. The van der Waals surface area contributed by atoms with E-state index in [-0.39, 0.29) is 31.8 Å². The lowest BCUT2D eigenvalue weighted by Crippen LogP contribution is -2.56. The normalized spacial score (nSPS) is 13.0. The van der Waals surface area contributed by atoms with Crippen LogP contribution in [0.5, 0.6) is 0 Å².